The summed E-state index contributed by atoms with van der Waals surface area (Å²) in [6.45, 7) is 0. The number of aromatic nitrogens is 1. The van der Waals surface area contributed by atoms with Crippen molar-refractivity contribution in [3.63, 3.8) is 0 Å². The third-order valence-electron chi connectivity index (χ3n) is 2.95. The molecule has 1 heterocycles. The van der Waals surface area contributed by atoms with Crippen molar-refractivity contribution in [1.29, 1.82) is 0 Å². The number of carbonyl (C=O) groups is 1. The molecule has 5 heteroatoms. The lowest BCUT2D eigenvalue weighted by Crippen LogP contribution is -2.26. The molecular formula is C15H11IN2O2. The van der Waals surface area contributed by atoms with Crippen molar-refractivity contribution in [2.45, 2.75) is 0 Å². The van der Waals surface area contributed by atoms with Gasteiger partial charge >= 0.3 is 6.01 Å². The topological polar surface area (TPSA) is 46.3 Å². The van der Waals surface area contributed by atoms with Crippen molar-refractivity contribution >= 4 is 45.6 Å². The van der Waals surface area contributed by atoms with Crippen molar-refractivity contribution in [2.75, 3.05) is 11.9 Å². The molecule has 0 fully saturated rings. The first-order chi connectivity index (χ1) is 9.65. The molecule has 4 nitrogen and oxygen atoms in total. The molecule has 0 unspecified atom stereocenters. The lowest BCUT2D eigenvalue weighted by molar-refractivity contribution is 0.0988. The minimum atomic E-state index is -0.143. The normalized spacial score (nSPS) is 10.7. The Hall–Kier alpha value is -1.89. The van der Waals surface area contributed by atoms with Crippen LogP contribution in [0, 0.1) is 3.57 Å². The van der Waals surface area contributed by atoms with E-state index in [1.54, 1.807) is 13.1 Å². The van der Waals surface area contributed by atoms with E-state index < -0.39 is 0 Å². The monoisotopic (exact) mass is 378 g/mol. The van der Waals surface area contributed by atoms with E-state index in [1.165, 1.54) is 4.90 Å². The van der Waals surface area contributed by atoms with Crippen LogP contribution in [0.3, 0.4) is 0 Å². The van der Waals surface area contributed by atoms with Gasteiger partial charge in [0.05, 0.1) is 0 Å². The van der Waals surface area contributed by atoms with Crippen LogP contribution < -0.4 is 4.90 Å². The van der Waals surface area contributed by atoms with E-state index in [9.17, 15) is 4.79 Å². The van der Waals surface area contributed by atoms with Crippen LogP contribution in [0.4, 0.5) is 6.01 Å². The average Bonchev–Trinajstić information content (AvgIpc) is 2.89. The number of rotatable bonds is 2. The number of halogens is 1. The fourth-order valence-corrected chi connectivity index (χ4v) is 2.45. The highest BCUT2D eigenvalue weighted by atomic mass is 127. The number of amides is 1. The predicted molar refractivity (Wildman–Crippen MR) is 85.9 cm³/mol. The first-order valence-electron chi connectivity index (χ1n) is 6.04. The summed E-state index contributed by atoms with van der Waals surface area (Å²) in [7, 11) is 1.66. The lowest BCUT2D eigenvalue weighted by Gasteiger charge is -2.12. The zero-order valence-corrected chi connectivity index (χ0v) is 12.9. The SMILES string of the molecule is CN(C(=O)c1cccc(I)c1)c1nc2ccccc2o1. The Morgan fingerprint density at radius 3 is 2.75 bits per heavy atom. The lowest BCUT2D eigenvalue weighted by atomic mass is 10.2. The number of anilines is 1. The number of hydrogen-bond acceptors (Lipinski definition) is 3. The molecule has 20 heavy (non-hydrogen) atoms. The van der Waals surface area contributed by atoms with E-state index in [-0.39, 0.29) is 5.91 Å². The minimum Gasteiger partial charge on any atom is -0.423 e. The van der Waals surface area contributed by atoms with Gasteiger partial charge in [0.25, 0.3) is 5.91 Å². The molecule has 0 saturated carbocycles. The number of carbonyl (C=O) groups excluding carboxylic acids is 1. The van der Waals surface area contributed by atoms with E-state index >= 15 is 0 Å². The maximum Gasteiger partial charge on any atom is 0.305 e. The van der Waals surface area contributed by atoms with Gasteiger partial charge in [0.2, 0.25) is 0 Å². The van der Waals surface area contributed by atoms with E-state index in [4.69, 9.17) is 4.42 Å². The van der Waals surface area contributed by atoms with E-state index in [1.807, 2.05) is 42.5 Å². The highest BCUT2D eigenvalue weighted by Crippen LogP contribution is 2.22. The Labute approximate surface area is 129 Å². The largest absolute Gasteiger partial charge is 0.423 e. The highest BCUT2D eigenvalue weighted by Gasteiger charge is 2.18. The van der Waals surface area contributed by atoms with Gasteiger partial charge in [-0.05, 0) is 52.9 Å². The van der Waals surface area contributed by atoms with Gasteiger partial charge in [0.15, 0.2) is 5.58 Å². The Morgan fingerprint density at radius 1 is 1.20 bits per heavy atom. The maximum absolute atomic E-state index is 12.4. The molecule has 0 N–H and O–H groups in total. The van der Waals surface area contributed by atoms with Gasteiger partial charge in [0, 0.05) is 16.2 Å². The molecule has 0 spiro atoms. The van der Waals surface area contributed by atoms with Gasteiger partial charge in [-0.25, -0.2) is 0 Å². The molecule has 0 aliphatic heterocycles. The van der Waals surface area contributed by atoms with Crippen LogP contribution in [0.5, 0.6) is 0 Å². The molecule has 100 valence electrons. The molecule has 2 aromatic carbocycles. The standard InChI is InChI=1S/C15H11IN2O2/c1-18(14(19)10-5-4-6-11(16)9-10)15-17-12-7-2-3-8-13(12)20-15/h2-9H,1H3. The van der Waals surface area contributed by atoms with Crippen molar-refractivity contribution in [1.82, 2.24) is 4.98 Å². The Bertz CT molecular complexity index is 749. The molecule has 0 radical (unpaired) electrons. The third-order valence-corrected chi connectivity index (χ3v) is 3.62. The van der Waals surface area contributed by atoms with Crippen molar-refractivity contribution in [3.8, 4) is 0 Å². The molecule has 1 amide bonds. The Kier molecular flexibility index (Phi) is 3.43. The van der Waals surface area contributed by atoms with Crippen LogP contribution >= 0.6 is 22.6 Å². The summed E-state index contributed by atoms with van der Waals surface area (Å²) in [4.78, 5) is 18.1. The Morgan fingerprint density at radius 2 is 2.00 bits per heavy atom. The summed E-state index contributed by atoms with van der Waals surface area (Å²) in [6, 6.07) is 15.2. The average molecular weight is 378 g/mol. The molecule has 0 saturated heterocycles. The molecule has 3 rings (SSSR count). The van der Waals surface area contributed by atoms with Crippen molar-refractivity contribution < 1.29 is 9.21 Å². The first kappa shape index (κ1) is 13.1. The molecule has 1 aromatic heterocycles. The van der Waals surface area contributed by atoms with E-state index in [0.717, 1.165) is 9.09 Å². The quantitative estimate of drug-likeness (QED) is 0.639. The van der Waals surface area contributed by atoms with Gasteiger partial charge in [-0.2, -0.15) is 4.98 Å². The summed E-state index contributed by atoms with van der Waals surface area (Å²) in [5.74, 6) is -0.143. The van der Waals surface area contributed by atoms with Crippen LogP contribution in [-0.4, -0.2) is 17.9 Å². The summed E-state index contributed by atoms with van der Waals surface area (Å²) in [6.07, 6.45) is 0. The van der Waals surface area contributed by atoms with Crippen LogP contribution in [0.1, 0.15) is 10.4 Å². The number of fused-ring (bicyclic) bond motifs is 1. The van der Waals surface area contributed by atoms with Crippen LogP contribution in [0.15, 0.2) is 52.9 Å². The summed E-state index contributed by atoms with van der Waals surface area (Å²) in [5, 5.41) is 0. The Balaban J connectivity index is 1.95. The second-order valence-corrected chi connectivity index (χ2v) is 5.58. The number of benzene rings is 2. The van der Waals surface area contributed by atoms with Gasteiger partial charge in [0.1, 0.15) is 5.52 Å². The summed E-state index contributed by atoms with van der Waals surface area (Å²) >= 11 is 2.18. The van der Waals surface area contributed by atoms with Crippen molar-refractivity contribution in [2.24, 2.45) is 0 Å². The maximum atomic E-state index is 12.4. The second kappa shape index (κ2) is 5.24. The molecule has 3 aromatic rings. The van der Waals surface area contributed by atoms with Crippen LogP contribution in [0.2, 0.25) is 0 Å². The molecule has 0 atom stereocenters. The minimum absolute atomic E-state index is 0.143. The van der Waals surface area contributed by atoms with Gasteiger partial charge < -0.3 is 4.42 Å². The molecule has 0 bridgehead atoms. The number of hydrogen-bond donors (Lipinski definition) is 0. The van der Waals surface area contributed by atoms with E-state index in [0.29, 0.717) is 17.2 Å². The van der Waals surface area contributed by atoms with Gasteiger partial charge in [-0.3, -0.25) is 9.69 Å². The highest BCUT2D eigenvalue weighted by molar-refractivity contribution is 14.1. The van der Waals surface area contributed by atoms with E-state index in [2.05, 4.69) is 27.6 Å². The number of oxazole rings is 1. The summed E-state index contributed by atoms with van der Waals surface area (Å²) in [5.41, 5.74) is 2.02. The zero-order chi connectivity index (χ0) is 14.1. The second-order valence-electron chi connectivity index (χ2n) is 4.34. The predicted octanol–water partition coefficient (Wildman–Crippen LogP) is 3.71. The van der Waals surface area contributed by atoms with Gasteiger partial charge in [-0.15, -0.1) is 0 Å². The third kappa shape index (κ3) is 2.40. The number of para-hydroxylation sites is 2. The zero-order valence-electron chi connectivity index (χ0n) is 10.7. The van der Waals surface area contributed by atoms with Crippen LogP contribution in [-0.2, 0) is 0 Å². The van der Waals surface area contributed by atoms with Crippen LogP contribution in [0.25, 0.3) is 11.1 Å². The number of nitrogens with zero attached hydrogens (tertiary/aromatic N) is 2. The summed E-state index contributed by atoms with van der Waals surface area (Å²) < 4.78 is 6.61. The molecule has 0 aliphatic carbocycles. The molecule has 0 aliphatic rings. The van der Waals surface area contributed by atoms with Gasteiger partial charge in [-0.1, -0.05) is 18.2 Å². The first-order valence-corrected chi connectivity index (χ1v) is 7.12. The fraction of sp³-hybridized carbons (Fsp3) is 0.0667. The molecular weight excluding hydrogens is 367 g/mol. The smallest absolute Gasteiger partial charge is 0.305 e. The fourth-order valence-electron chi connectivity index (χ4n) is 1.91. The van der Waals surface area contributed by atoms with Crippen molar-refractivity contribution in [3.05, 3.63) is 57.7 Å².